The molecular formula is C15H12FNO3. The van der Waals surface area contributed by atoms with Gasteiger partial charge in [-0.25, -0.2) is 9.18 Å². The average Bonchev–Trinajstić information content (AvgIpc) is 2.42. The van der Waals surface area contributed by atoms with E-state index in [1.165, 1.54) is 18.2 Å². The monoisotopic (exact) mass is 273 g/mol. The molecule has 0 amide bonds. The molecule has 0 aromatic heterocycles. The van der Waals surface area contributed by atoms with E-state index in [1.807, 2.05) is 0 Å². The minimum Gasteiger partial charge on any atom is -0.312 e. The molecule has 2 rings (SSSR count). The number of allylic oxidation sites excluding steroid dienone is 4. The molecule has 0 bridgehead atoms. The van der Waals surface area contributed by atoms with E-state index < -0.39 is 11.8 Å². The van der Waals surface area contributed by atoms with Gasteiger partial charge in [-0.05, 0) is 61.4 Å². The van der Waals surface area contributed by atoms with Gasteiger partial charge in [0.15, 0.2) is 5.78 Å². The molecule has 0 unspecified atom stereocenters. The van der Waals surface area contributed by atoms with Crippen LogP contribution in [-0.2, 0) is 9.63 Å². The summed E-state index contributed by atoms with van der Waals surface area (Å²) < 4.78 is 12.7. The lowest BCUT2D eigenvalue weighted by Crippen LogP contribution is -2.11. The SMILES string of the molecule is CC1=CC(=NOC(=O)c2ccc(F)cc2)C(C)=CC1=O. The van der Waals surface area contributed by atoms with Crippen LogP contribution >= 0.6 is 0 Å². The van der Waals surface area contributed by atoms with E-state index >= 15 is 0 Å². The molecule has 0 heterocycles. The van der Waals surface area contributed by atoms with Crippen molar-refractivity contribution in [3.05, 3.63) is 58.9 Å². The lowest BCUT2D eigenvalue weighted by atomic mass is 9.99. The maximum Gasteiger partial charge on any atom is 0.365 e. The quantitative estimate of drug-likeness (QED) is 0.473. The summed E-state index contributed by atoms with van der Waals surface area (Å²) in [6.07, 6.45) is 2.98. The van der Waals surface area contributed by atoms with Crippen LogP contribution in [-0.4, -0.2) is 17.5 Å². The van der Waals surface area contributed by atoms with Gasteiger partial charge in [-0.15, -0.1) is 0 Å². The normalized spacial score (nSPS) is 16.8. The van der Waals surface area contributed by atoms with Gasteiger partial charge in [0.1, 0.15) is 11.5 Å². The van der Waals surface area contributed by atoms with Crippen molar-refractivity contribution < 1.29 is 18.8 Å². The highest BCUT2D eigenvalue weighted by Gasteiger charge is 2.14. The smallest absolute Gasteiger partial charge is 0.312 e. The largest absolute Gasteiger partial charge is 0.365 e. The molecule has 5 heteroatoms. The highest BCUT2D eigenvalue weighted by atomic mass is 19.1. The Morgan fingerprint density at radius 2 is 1.75 bits per heavy atom. The van der Waals surface area contributed by atoms with Gasteiger partial charge in [0.25, 0.3) is 0 Å². The molecule has 0 fully saturated rings. The van der Waals surface area contributed by atoms with Crippen molar-refractivity contribution in [3.8, 4) is 0 Å². The van der Waals surface area contributed by atoms with Crippen molar-refractivity contribution in [2.45, 2.75) is 13.8 Å². The molecule has 102 valence electrons. The molecule has 1 aromatic rings. The van der Waals surface area contributed by atoms with Crippen molar-refractivity contribution in [1.29, 1.82) is 0 Å². The summed E-state index contributed by atoms with van der Waals surface area (Å²) in [7, 11) is 0. The van der Waals surface area contributed by atoms with Crippen LogP contribution in [0.2, 0.25) is 0 Å². The molecule has 1 aliphatic rings. The second-order valence-electron chi connectivity index (χ2n) is 4.38. The van der Waals surface area contributed by atoms with Crippen LogP contribution in [0.15, 0.2) is 52.7 Å². The van der Waals surface area contributed by atoms with Crippen molar-refractivity contribution >= 4 is 17.5 Å². The van der Waals surface area contributed by atoms with Gasteiger partial charge >= 0.3 is 5.97 Å². The molecule has 0 spiro atoms. The number of benzene rings is 1. The standard InChI is InChI=1S/C15H12FNO3/c1-9-8-14(18)10(2)7-13(9)17-20-15(19)11-3-5-12(16)6-4-11/h3-8H,1-2H3. The first-order chi connectivity index (χ1) is 9.47. The summed E-state index contributed by atoms with van der Waals surface area (Å²) in [5.41, 5.74) is 1.75. The van der Waals surface area contributed by atoms with Crippen molar-refractivity contribution in [2.75, 3.05) is 0 Å². The zero-order valence-corrected chi connectivity index (χ0v) is 11.0. The fourth-order valence-electron chi connectivity index (χ4n) is 1.60. The van der Waals surface area contributed by atoms with E-state index in [2.05, 4.69) is 5.16 Å². The van der Waals surface area contributed by atoms with Crippen LogP contribution in [0.4, 0.5) is 4.39 Å². The second kappa shape index (κ2) is 5.61. The van der Waals surface area contributed by atoms with E-state index in [0.29, 0.717) is 16.9 Å². The number of oxime groups is 1. The highest BCUT2D eigenvalue weighted by Crippen LogP contribution is 2.13. The van der Waals surface area contributed by atoms with E-state index in [0.717, 1.165) is 12.1 Å². The Kier molecular flexibility index (Phi) is 3.89. The van der Waals surface area contributed by atoms with Crippen molar-refractivity contribution in [2.24, 2.45) is 5.16 Å². The first-order valence-corrected chi connectivity index (χ1v) is 5.93. The maximum atomic E-state index is 12.7. The summed E-state index contributed by atoms with van der Waals surface area (Å²) in [5.74, 6) is -1.21. The zero-order chi connectivity index (χ0) is 14.7. The number of carbonyl (C=O) groups excluding carboxylic acids is 2. The van der Waals surface area contributed by atoms with Crippen LogP contribution in [0.3, 0.4) is 0 Å². The van der Waals surface area contributed by atoms with Gasteiger partial charge in [0.2, 0.25) is 0 Å². The molecule has 20 heavy (non-hydrogen) atoms. The third kappa shape index (κ3) is 3.06. The van der Waals surface area contributed by atoms with E-state index in [1.54, 1.807) is 19.9 Å². The number of hydrogen-bond acceptors (Lipinski definition) is 4. The maximum absolute atomic E-state index is 12.7. The molecule has 0 radical (unpaired) electrons. The predicted octanol–water partition coefficient (Wildman–Crippen LogP) is 2.81. The van der Waals surface area contributed by atoms with Crippen LogP contribution in [0.1, 0.15) is 24.2 Å². The fourth-order valence-corrected chi connectivity index (χ4v) is 1.60. The number of nitrogens with zero attached hydrogens (tertiary/aromatic N) is 1. The topological polar surface area (TPSA) is 55.7 Å². The fraction of sp³-hybridized carbons (Fsp3) is 0.133. The van der Waals surface area contributed by atoms with Gasteiger partial charge in [-0.3, -0.25) is 4.79 Å². The lowest BCUT2D eigenvalue weighted by molar-refractivity contribution is -0.111. The van der Waals surface area contributed by atoms with E-state index in [9.17, 15) is 14.0 Å². The Morgan fingerprint density at radius 1 is 1.10 bits per heavy atom. The third-order valence-corrected chi connectivity index (χ3v) is 2.80. The number of ketones is 1. The Morgan fingerprint density at radius 3 is 2.40 bits per heavy atom. The number of carbonyl (C=O) groups is 2. The summed E-state index contributed by atoms with van der Waals surface area (Å²) in [4.78, 5) is 27.9. The molecule has 4 nitrogen and oxygen atoms in total. The minimum absolute atomic E-state index is 0.0914. The molecule has 1 aliphatic carbocycles. The molecule has 0 aliphatic heterocycles. The first-order valence-electron chi connectivity index (χ1n) is 5.93. The summed E-state index contributed by atoms with van der Waals surface area (Å²) in [5, 5.41) is 3.72. The van der Waals surface area contributed by atoms with E-state index in [4.69, 9.17) is 4.84 Å². The summed E-state index contributed by atoms with van der Waals surface area (Å²) >= 11 is 0. The van der Waals surface area contributed by atoms with Crippen molar-refractivity contribution in [3.63, 3.8) is 0 Å². The Balaban J connectivity index is 2.13. The van der Waals surface area contributed by atoms with Crippen molar-refractivity contribution in [1.82, 2.24) is 0 Å². The van der Waals surface area contributed by atoms with Gasteiger partial charge in [-0.2, -0.15) is 0 Å². The van der Waals surface area contributed by atoms with Gasteiger partial charge in [-0.1, -0.05) is 5.16 Å². The Labute approximate surface area is 115 Å². The van der Waals surface area contributed by atoms with Crippen LogP contribution in [0.25, 0.3) is 0 Å². The lowest BCUT2D eigenvalue weighted by Gasteiger charge is -2.08. The minimum atomic E-state index is -0.687. The van der Waals surface area contributed by atoms with Gasteiger partial charge in [0.05, 0.1) is 5.56 Å². The number of hydrogen-bond donors (Lipinski definition) is 0. The van der Waals surface area contributed by atoms with Crippen LogP contribution in [0.5, 0.6) is 0 Å². The molecular weight excluding hydrogens is 261 g/mol. The average molecular weight is 273 g/mol. The van der Waals surface area contributed by atoms with E-state index in [-0.39, 0.29) is 11.3 Å². The molecule has 0 saturated heterocycles. The van der Waals surface area contributed by atoms with Gasteiger partial charge < -0.3 is 4.84 Å². The molecule has 0 N–H and O–H groups in total. The van der Waals surface area contributed by atoms with Crippen LogP contribution in [0, 0.1) is 5.82 Å². The predicted molar refractivity (Wildman–Crippen MR) is 71.8 cm³/mol. The summed E-state index contributed by atoms with van der Waals surface area (Å²) in [6, 6.07) is 4.95. The zero-order valence-electron chi connectivity index (χ0n) is 11.0. The Hall–Kier alpha value is -2.56. The first kappa shape index (κ1) is 13.9. The molecule has 1 aromatic carbocycles. The number of halogens is 1. The Bertz CT molecular complexity index is 654. The second-order valence-corrected chi connectivity index (χ2v) is 4.38. The molecule has 0 saturated carbocycles. The van der Waals surface area contributed by atoms with Gasteiger partial charge in [0, 0.05) is 0 Å². The third-order valence-electron chi connectivity index (χ3n) is 2.80. The molecule has 0 atom stereocenters. The number of rotatable bonds is 2. The highest BCUT2D eigenvalue weighted by molar-refractivity contribution is 6.21. The van der Waals surface area contributed by atoms with Crippen LogP contribution < -0.4 is 0 Å². The summed E-state index contributed by atoms with van der Waals surface area (Å²) in [6.45, 7) is 3.36.